The van der Waals surface area contributed by atoms with E-state index >= 15 is 0 Å². The van der Waals surface area contributed by atoms with Crippen molar-refractivity contribution in [1.29, 1.82) is 0 Å². The Balaban J connectivity index is 2.71. The molecule has 0 spiro atoms. The van der Waals surface area contributed by atoms with Crippen molar-refractivity contribution >= 4 is 6.03 Å². The van der Waals surface area contributed by atoms with Crippen LogP contribution in [0, 0.1) is 0 Å². The Hall–Kier alpha value is -0.850. The number of carbonyl (C=O) groups is 1. The Labute approximate surface area is 64.6 Å². The van der Waals surface area contributed by atoms with Gasteiger partial charge < -0.3 is 5.11 Å². The van der Waals surface area contributed by atoms with Gasteiger partial charge >= 0.3 is 6.03 Å². The highest BCUT2D eigenvalue weighted by molar-refractivity contribution is 5.74. The van der Waals surface area contributed by atoms with Crippen LogP contribution >= 0.6 is 0 Å². The summed E-state index contributed by atoms with van der Waals surface area (Å²) in [6.45, 7) is 0. The molecule has 1 fully saturated rings. The highest BCUT2D eigenvalue weighted by Crippen LogP contribution is 2.04. The molecule has 1 saturated heterocycles. The van der Waals surface area contributed by atoms with Crippen molar-refractivity contribution in [2.75, 3.05) is 14.1 Å². The highest BCUT2D eigenvalue weighted by Gasteiger charge is 2.31. The summed E-state index contributed by atoms with van der Waals surface area (Å²) in [6, 6.07) is -0.302. The van der Waals surface area contributed by atoms with Crippen LogP contribution in [0.15, 0.2) is 0 Å². The number of nitrogens with zero attached hydrogens (tertiary/aromatic N) is 2. The molecule has 1 aliphatic heterocycles. The van der Waals surface area contributed by atoms with Gasteiger partial charge in [0, 0.05) is 14.1 Å². The molecule has 2 amide bonds. The quantitative estimate of drug-likeness (QED) is 0.386. The largest absolute Gasteiger partial charge is 0.361 e. The third-order valence-electron chi connectivity index (χ3n) is 1.71. The molecule has 6 nitrogen and oxygen atoms in total. The van der Waals surface area contributed by atoms with Gasteiger partial charge in [-0.05, 0) is 0 Å². The molecule has 11 heavy (non-hydrogen) atoms. The number of hydrogen-bond donors (Lipinski definition) is 3. The lowest BCUT2D eigenvalue weighted by atomic mass is 10.5. The number of rotatable bonds is 0. The molecule has 0 aromatic rings. The second-order valence-corrected chi connectivity index (χ2v) is 2.49. The molecule has 4 N–H and O–H groups in total. The van der Waals surface area contributed by atoms with Gasteiger partial charge in [-0.2, -0.15) is 0 Å². The van der Waals surface area contributed by atoms with E-state index in [0.29, 0.717) is 0 Å². The fourth-order valence-corrected chi connectivity index (χ4v) is 0.849. The molecule has 0 bridgehead atoms. The van der Waals surface area contributed by atoms with Crippen LogP contribution in [0.1, 0.15) is 0 Å². The molecule has 1 heterocycles. The number of urea groups is 1. The van der Waals surface area contributed by atoms with Crippen molar-refractivity contribution in [3.05, 3.63) is 0 Å². The van der Waals surface area contributed by atoms with Crippen LogP contribution in [-0.4, -0.2) is 47.7 Å². The number of nitrogens with two attached hydrogens (primary N) is 1. The van der Waals surface area contributed by atoms with E-state index < -0.39 is 12.6 Å². The first-order chi connectivity index (χ1) is 5.04. The Morgan fingerprint density at radius 1 is 1.55 bits per heavy atom. The maximum atomic E-state index is 11.1. The summed E-state index contributed by atoms with van der Waals surface area (Å²) in [4.78, 5) is 13.6. The molecule has 0 aromatic carbocycles. The molecular formula is C5H12N4O2. The zero-order chi connectivity index (χ0) is 8.59. The fourth-order valence-electron chi connectivity index (χ4n) is 0.849. The smallest absolute Gasteiger partial charge is 0.324 e. The van der Waals surface area contributed by atoms with E-state index in [9.17, 15) is 4.79 Å². The van der Waals surface area contributed by atoms with Gasteiger partial charge in [0.25, 0.3) is 0 Å². The van der Waals surface area contributed by atoms with Gasteiger partial charge in [0.15, 0.2) is 6.35 Å². The van der Waals surface area contributed by atoms with Gasteiger partial charge in [-0.15, -0.1) is 0 Å². The number of nitrogens with one attached hydrogen (secondary N) is 1. The molecule has 2 atom stereocenters. The van der Waals surface area contributed by atoms with Crippen LogP contribution in [0.2, 0.25) is 0 Å². The predicted octanol–water partition coefficient (Wildman–Crippen LogP) is -1.91. The monoisotopic (exact) mass is 160 g/mol. The number of hydrogen-bond acceptors (Lipinski definition) is 4. The molecule has 2 unspecified atom stereocenters. The Bertz CT molecular complexity index is 158. The van der Waals surface area contributed by atoms with Crippen LogP contribution in [0.3, 0.4) is 0 Å². The summed E-state index contributed by atoms with van der Waals surface area (Å²) in [6.07, 6.45) is -1.61. The highest BCUT2D eigenvalue weighted by atomic mass is 16.3. The van der Waals surface area contributed by atoms with Crippen molar-refractivity contribution in [3.8, 4) is 0 Å². The molecule has 0 radical (unpaired) electrons. The third-order valence-corrected chi connectivity index (χ3v) is 1.71. The summed E-state index contributed by atoms with van der Waals surface area (Å²) >= 11 is 0. The van der Waals surface area contributed by atoms with E-state index in [-0.39, 0.29) is 6.03 Å². The first-order valence-corrected chi connectivity index (χ1v) is 3.23. The molecule has 6 heteroatoms. The number of carbonyl (C=O) groups excluding carboxylic acids is 1. The second-order valence-electron chi connectivity index (χ2n) is 2.49. The molecular weight excluding hydrogens is 148 g/mol. The van der Waals surface area contributed by atoms with E-state index in [1.807, 2.05) is 0 Å². The van der Waals surface area contributed by atoms with E-state index in [4.69, 9.17) is 10.8 Å². The summed E-state index contributed by atoms with van der Waals surface area (Å²) in [5, 5.41) is 11.7. The van der Waals surface area contributed by atoms with Crippen molar-refractivity contribution < 1.29 is 9.90 Å². The maximum Gasteiger partial charge on any atom is 0.324 e. The van der Waals surface area contributed by atoms with E-state index in [0.717, 1.165) is 4.90 Å². The fraction of sp³-hybridized carbons (Fsp3) is 0.800. The molecule has 1 rings (SSSR count). The molecule has 1 aliphatic rings. The Morgan fingerprint density at radius 2 is 2.09 bits per heavy atom. The molecule has 0 aliphatic carbocycles. The van der Waals surface area contributed by atoms with Gasteiger partial charge in [-0.3, -0.25) is 15.5 Å². The zero-order valence-electron chi connectivity index (χ0n) is 6.48. The summed E-state index contributed by atoms with van der Waals surface area (Å²) < 4.78 is 0. The summed E-state index contributed by atoms with van der Waals surface area (Å²) in [7, 11) is 3.05. The van der Waals surface area contributed by atoms with Crippen molar-refractivity contribution in [1.82, 2.24) is 15.1 Å². The average molecular weight is 160 g/mol. The minimum atomic E-state index is -0.992. The van der Waals surface area contributed by atoms with Gasteiger partial charge in [0.05, 0.1) is 0 Å². The van der Waals surface area contributed by atoms with E-state index in [1.165, 1.54) is 11.9 Å². The Morgan fingerprint density at radius 3 is 2.64 bits per heavy atom. The lowest BCUT2D eigenvalue weighted by Crippen LogP contribution is -2.68. The lowest BCUT2D eigenvalue weighted by Gasteiger charge is -2.39. The number of aliphatic hydroxyl groups is 1. The van der Waals surface area contributed by atoms with Crippen LogP contribution in [-0.2, 0) is 0 Å². The van der Waals surface area contributed by atoms with Crippen molar-refractivity contribution in [2.45, 2.75) is 12.6 Å². The zero-order valence-corrected chi connectivity index (χ0v) is 6.48. The molecule has 64 valence electrons. The van der Waals surface area contributed by atoms with Crippen LogP contribution in [0.5, 0.6) is 0 Å². The first-order valence-electron chi connectivity index (χ1n) is 3.23. The van der Waals surface area contributed by atoms with Gasteiger partial charge in [0.2, 0.25) is 0 Å². The van der Waals surface area contributed by atoms with E-state index in [1.54, 1.807) is 7.05 Å². The Kier molecular flexibility index (Phi) is 1.99. The standard InChI is InChI=1S/C5H12N4O2/c1-8-3(6)7-4(10)9(2)5(8)11/h3-4,7,10H,6H2,1-2H3. The summed E-state index contributed by atoms with van der Waals surface area (Å²) in [5.74, 6) is 0. The van der Waals surface area contributed by atoms with Gasteiger partial charge in [-0.25, -0.2) is 10.1 Å². The van der Waals surface area contributed by atoms with E-state index in [2.05, 4.69) is 5.32 Å². The summed E-state index contributed by atoms with van der Waals surface area (Å²) in [5.41, 5.74) is 5.43. The van der Waals surface area contributed by atoms with Crippen LogP contribution < -0.4 is 11.1 Å². The molecule has 0 aromatic heterocycles. The number of amides is 2. The van der Waals surface area contributed by atoms with Gasteiger partial charge in [-0.1, -0.05) is 0 Å². The SMILES string of the molecule is CN1C(=O)N(C)C(O)NC1N. The number of aliphatic hydroxyl groups excluding tert-OH is 1. The lowest BCUT2D eigenvalue weighted by molar-refractivity contribution is -0.0438. The van der Waals surface area contributed by atoms with Crippen LogP contribution in [0.25, 0.3) is 0 Å². The third kappa shape index (κ3) is 1.28. The van der Waals surface area contributed by atoms with Gasteiger partial charge in [0.1, 0.15) is 6.29 Å². The normalized spacial score (nSPS) is 32.9. The first kappa shape index (κ1) is 8.25. The minimum Gasteiger partial charge on any atom is -0.361 e. The maximum absolute atomic E-state index is 11.1. The minimum absolute atomic E-state index is 0.302. The second kappa shape index (κ2) is 2.65. The van der Waals surface area contributed by atoms with Crippen LogP contribution in [0.4, 0.5) is 4.79 Å². The molecule has 0 saturated carbocycles. The van der Waals surface area contributed by atoms with Crippen molar-refractivity contribution in [2.24, 2.45) is 5.73 Å². The van der Waals surface area contributed by atoms with Crippen molar-refractivity contribution in [3.63, 3.8) is 0 Å². The topological polar surface area (TPSA) is 81.8 Å². The predicted molar refractivity (Wildman–Crippen MR) is 38.0 cm³/mol. The average Bonchev–Trinajstić information content (AvgIpc) is 1.97.